The molecule has 1 N–H and O–H groups in total. The van der Waals surface area contributed by atoms with E-state index in [-0.39, 0.29) is 11.4 Å². The maximum atomic E-state index is 12.5. The Hall–Kier alpha value is -1.85. The molecular weight excluding hydrogens is 404 g/mol. The largest absolute Gasteiger partial charge is 0.378 e. The van der Waals surface area contributed by atoms with E-state index < -0.39 is 10.0 Å². The van der Waals surface area contributed by atoms with Crippen LogP contribution in [0.25, 0.3) is 9.88 Å². The molecule has 0 aromatic carbocycles. The minimum absolute atomic E-state index is 0.146. The van der Waals surface area contributed by atoms with Crippen LogP contribution in [0.2, 0.25) is 0 Å². The molecule has 0 radical (unpaired) electrons. The zero-order valence-electron chi connectivity index (χ0n) is 14.4. The minimum atomic E-state index is -3.64. The van der Waals surface area contributed by atoms with Crippen LogP contribution in [-0.2, 0) is 21.3 Å². The number of hydrogen-bond acceptors (Lipinski definition) is 8. The molecule has 1 aliphatic rings. The number of aromatic nitrogens is 2. The molecule has 0 unspecified atom stereocenters. The molecule has 3 aromatic heterocycles. The summed E-state index contributed by atoms with van der Waals surface area (Å²) in [6.45, 7) is 2.98. The average Bonchev–Trinajstić information content (AvgIpc) is 3.39. The third-order valence-electron chi connectivity index (χ3n) is 4.09. The molecule has 0 bridgehead atoms. The summed E-state index contributed by atoms with van der Waals surface area (Å²) in [5.74, 6) is 0.761. The van der Waals surface area contributed by atoms with Crippen molar-refractivity contribution in [3.63, 3.8) is 0 Å². The fourth-order valence-electron chi connectivity index (χ4n) is 2.66. The molecule has 0 spiro atoms. The van der Waals surface area contributed by atoms with Gasteiger partial charge in [-0.1, -0.05) is 6.07 Å². The Labute approximate surface area is 165 Å². The molecule has 1 saturated heterocycles. The van der Waals surface area contributed by atoms with Gasteiger partial charge in [-0.25, -0.2) is 23.1 Å². The number of anilines is 1. The number of rotatable bonds is 6. The summed E-state index contributed by atoms with van der Waals surface area (Å²) in [7, 11) is -3.64. The fourth-order valence-corrected chi connectivity index (χ4v) is 5.24. The summed E-state index contributed by atoms with van der Waals surface area (Å²) in [4.78, 5) is 12.1. The zero-order valence-corrected chi connectivity index (χ0v) is 16.8. The van der Waals surface area contributed by atoms with Gasteiger partial charge in [-0.2, -0.15) is 0 Å². The van der Waals surface area contributed by atoms with E-state index in [9.17, 15) is 8.42 Å². The molecule has 142 valence electrons. The Balaban J connectivity index is 1.41. The molecule has 0 saturated carbocycles. The second kappa shape index (κ2) is 8.03. The van der Waals surface area contributed by atoms with E-state index in [1.807, 2.05) is 22.9 Å². The maximum absolute atomic E-state index is 12.5. The van der Waals surface area contributed by atoms with Crippen LogP contribution in [0, 0.1) is 0 Å². The number of sulfonamides is 1. The highest BCUT2D eigenvalue weighted by atomic mass is 32.2. The number of thiophene rings is 1. The molecule has 1 aliphatic heterocycles. The van der Waals surface area contributed by atoms with Crippen LogP contribution in [-0.4, -0.2) is 44.7 Å². The Morgan fingerprint density at radius 3 is 2.74 bits per heavy atom. The highest BCUT2D eigenvalue weighted by Crippen LogP contribution is 2.27. The van der Waals surface area contributed by atoms with E-state index in [0.717, 1.165) is 28.8 Å². The van der Waals surface area contributed by atoms with E-state index in [0.29, 0.717) is 18.9 Å². The second-order valence-electron chi connectivity index (χ2n) is 5.90. The molecule has 1 fully saturated rings. The summed E-state index contributed by atoms with van der Waals surface area (Å²) in [6.07, 6.45) is 1.39. The molecule has 0 amide bonds. The van der Waals surface area contributed by atoms with Crippen LogP contribution in [0.5, 0.6) is 0 Å². The third kappa shape index (κ3) is 4.36. The molecule has 7 nitrogen and oxygen atoms in total. The Morgan fingerprint density at radius 1 is 1.19 bits per heavy atom. The van der Waals surface area contributed by atoms with Crippen molar-refractivity contribution >= 4 is 38.5 Å². The predicted octanol–water partition coefficient (Wildman–Crippen LogP) is 2.58. The quantitative estimate of drug-likeness (QED) is 0.657. The van der Waals surface area contributed by atoms with Gasteiger partial charge < -0.3 is 9.64 Å². The summed E-state index contributed by atoms with van der Waals surface area (Å²) < 4.78 is 33.0. The van der Waals surface area contributed by atoms with Crippen molar-refractivity contribution in [2.75, 3.05) is 31.2 Å². The first kappa shape index (κ1) is 18.5. The first-order chi connectivity index (χ1) is 13.1. The van der Waals surface area contributed by atoms with Gasteiger partial charge in [-0.05, 0) is 23.6 Å². The summed E-state index contributed by atoms with van der Waals surface area (Å²) in [5, 5.41) is 4.76. The lowest BCUT2D eigenvalue weighted by Gasteiger charge is -2.27. The van der Waals surface area contributed by atoms with Gasteiger partial charge in [0.2, 0.25) is 10.0 Å². The number of thiazole rings is 1. The molecule has 3 aromatic rings. The van der Waals surface area contributed by atoms with E-state index in [1.165, 1.54) is 17.5 Å². The summed E-state index contributed by atoms with van der Waals surface area (Å²) >= 11 is 3.12. The topological polar surface area (TPSA) is 84.4 Å². The van der Waals surface area contributed by atoms with Gasteiger partial charge in [0, 0.05) is 24.7 Å². The first-order valence-corrected chi connectivity index (χ1v) is 11.6. The van der Waals surface area contributed by atoms with Crippen molar-refractivity contribution in [2.45, 2.75) is 11.4 Å². The number of hydrogen-bond donors (Lipinski definition) is 1. The number of ether oxygens (including phenoxy) is 1. The van der Waals surface area contributed by atoms with Crippen molar-refractivity contribution in [3.8, 4) is 9.88 Å². The van der Waals surface area contributed by atoms with Gasteiger partial charge in [0.1, 0.15) is 15.7 Å². The van der Waals surface area contributed by atoms with Gasteiger partial charge in [-0.3, -0.25) is 0 Å². The van der Waals surface area contributed by atoms with Gasteiger partial charge in [0.05, 0.1) is 30.3 Å². The van der Waals surface area contributed by atoms with Crippen molar-refractivity contribution in [3.05, 3.63) is 46.9 Å². The van der Waals surface area contributed by atoms with Crippen molar-refractivity contribution in [1.82, 2.24) is 14.7 Å². The van der Waals surface area contributed by atoms with E-state index in [1.54, 1.807) is 23.5 Å². The zero-order chi connectivity index (χ0) is 18.7. The Kier molecular flexibility index (Phi) is 5.50. The lowest BCUT2D eigenvalue weighted by molar-refractivity contribution is 0.122. The van der Waals surface area contributed by atoms with Gasteiger partial charge in [0.25, 0.3) is 0 Å². The predicted molar refractivity (Wildman–Crippen MR) is 107 cm³/mol. The van der Waals surface area contributed by atoms with Gasteiger partial charge >= 0.3 is 0 Å². The molecule has 0 aliphatic carbocycles. The number of morpholine rings is 1. The molecule has 4 rings (SSSR count). The molecule has 27 heavy (non-hydrogen) atoms. The SMILES string of the molecule is O=S(=O)(NCc1csc(-c2cccs2)n1)c1ccc(N2CCOCC2)nc1. The fraction of sp³-hybridized carbons (Fsp3) is 0.294. The summed E-state index contributed by atoms with van der Waals surface area (Å²) in [6, 6.07) is 7.28. The number of pyridine rings is 1. The normalized spacial score (nSPS) is 15.2. The van der Waals surface area contributed by atoms with Crippen LogP contribution in [0.4, 0.5) is 5.82 Å². The van der Waals surface area contributed by atoms with Gasteiger partial charge in [0.15, 0.2) is 0 Å². The van der Waals surface area contributed by atoms with Crippen LogP contribution >= 0.6 is 22.7 Å². The monoisotopic (exact) mass is 422 g/mol. The maximum Gasteiger partial charge on any atom is 0.242 e. The minimum Gasteiger partial charge on any atom is -0.378 e. The lowest BCUT2D eigenvalue weighted by Crippen LogP contribution is -2.36. The van der Waals surface area contributed by atoms with Crippen molar-refractivity contribution < 1.29 is 13.2 Å². The first-order valence-electron chi connectivity index (χ1n) is 8.38. The second-order valence-corrected chi connectivity index (χ2v) is 9.47. The van der Waals surface area contributed by atoms with E-state index >= 15 is 0 Å². The summed E-state index contributed by atoms with van der Waals surface area (Å²) in [5.41, 5.74) is 0.699. The van der Waals surface area contributed by atoms with Crippen molar-refractivity contribution in [1.29, 1.82) is 0 Å². The van der Waals surface area contributed by atoms with E-state index in [4.69, 9.17) is 4.74 Å². The Bertz CT molecular complexity index is 979. The van der Waals surface area contributed by atoms with Crippen LogP contribution in [0.3, 0.4) is 0 Å². The highest BCUT2D eigenvalue weighted by molar-refractivity contribution is 7.89. The number of nitrogens with zero attached hydrogens (tertiary/aromatic N) is 3. The lowest BCUT2D eigenvalue weighted by atomic mass is 10.4. The average molecular weight is 423 g/mol. The molecule has 10 heteroatoms. The molecule has 4 heterocycles. The van der Waals surface area contributed by atoms with E-state index in [2.05, 4.69) is 19.6 Å². The van der Waals surface area contributed by atoms with Crippen LogP contribution in [0.1, 0.15) is 5.69 Å². The third-order valence-corrected chi connectivity index (χ3v) is 7.41. The molecule has 0 atom stereocenters. The highest BCUT2D eigenvalue weighted by Gasteiger charge is 2.17. The molecular formula is C17H18N4O3S3. The van der Waals surface area contributed by atoms with Gasteiger partial charge in [-0.15, -0.1) is 22.7 Å². The standard InChI is InChI=1S/C17H18N4O3S3/c22-27(23,14-3-4-16(18-11-14)21-5-7-24-8-6-21)19-10-13-12-26-17(20-13)15-2-1-9-25-15/h1-4,9,11-12,19H,5-8,10H2. The van der Waals surface area contributed by atoms with Crippen LogP contribution < -0.4 is 9.62 Å². The van der Waals surface area contributed by atoms with Crippen LogP contribution in [0.15, 0.2) is 46.1 Å². The number of nitrogens with one attached hydrogen (secondary N) is 1. The Morgan fingerprint density at radius 2 is 2.04 bits per heavy atom. The van der Waals surface area contributed by atoms with Crippen molar-refractivity contribution in [2.24, 2.45) is 0 Å². The smallest absolute Gasteiger partial charge is 0.242 e.